The van der Waals surface area contributed by atoms with E-state index in [1.807, 2.05) is 25.2 Å². The molecular formula is C16H23BrN2O. The van der Waals surface area contributed by atoms with Crippen LogP contribution in [0.15, 0.2) is 28.7 Å². The monoisotopic (exact) mass is 338 g/mol. The van der Waals surface area contributed by atoms with Gasteiger partial charge in [0.05, 0.1) is 0 Å². The van der Waals surface area contributed by atoms with Crippen LogP contribution in [0.1, 0.15) is 37.7 Å². The number of hydrogen-bond acceptors (Lipinski definition) is 2. The second-order valence-electron chi connectivity index (χ2n) is 5.57. The molecule has 1 amide bonds. The molecule has 0 radical (unpaired) electrons. The molecule has 20 heavy (non-hydrogen) atoms. The predicted molar refractivity (Wildman–Crippen MR) is 85.8 cm³/mol. The fraction of sp³-hybridized carbons (Fsp3) is 0.562. The zero-order chi connectivity index (χ0) is 14.5. The maximum Gasteiger partial charge on any atom is 0.223 e. The van der Waals surface area contributed by atoms with Gasteiger partial charge in [-0.05, 0) is 37.4 Å². The lowest BCUT2D eigenvalue weighted by Crippen LogP contribution is -2.41. The third-order valence-electron chi connectivity index (χ3n) is 4.05. The molecule has 2 rings (SSSR count). The number of likely N-dealkylation sites (N-methyl/N-ethyl adjacent to an activating group) is 1. The Morgan fingerprint density at radius 2 is 2.25 bits per heavy atom. The summed E-state index contributed by atoms with van der Waals surface area (Å²) in [5.74, 6) is 0.528. The number of carbonyl (C=O) groups is 1. The Labute approximate surface area is 129 Å². The van der Waals surface area contributed by atoms with Gasteiger partial charge in [-0.25, -0.2) is 0 Å². The van der Waals surface area contributed by atoms with Crippen molar-refractivity contribution in [1.82, 2.24) is 10.2 Å². The maximum atomic E-state index is 12.5. The second-order valence-corrected chi connectivity index (χ2v) is 6.42. The van der Waals surface area contributed by atoms with Crippen molar-refractivity contribution >= 4 is 21.8 Å². The molecule has 110 valence electrons. The highest BCUT2D eigenvalue weighted by atomic mass is 79.9. The number of likely N-dealkylation sites (tertiary alicyclic amines) is 1. The van der Waals surface area contributed by atoms with Crippen LogP contribution < -0.4 is 5.32 Å². The fourth-order valence-corrected chi connectivity index (χ4v) is 3.65. The van der Waals surface area contributed by atoms with Gasteiger partial charge < -0.3 is 10.2 Å². The van der Waals surface area contributed by atoms with Crippen molar-refractivity contribution in [2.24, 2.45) is 0 Å². The molecule has 1 heterocycles. The van der Waals surface area contributed by atoms with Crippen molar-refractivity contribution in [2.75, 3.05) is 20.1 Å². The molecule has 4 heteroatoms. The van der Waals surface area contributed by atoms with Crippen molar-refractivity contribution < 1.29 is 4.79 Å². The van der Waals surface area contributed by atoms with Crippen LogP contribution in [0.2, 0.25) is 0 Å². The number of halogens is 1. The van der Waals surface area contributed by atoms with Gasteiger partial charge in [-0.2, -0.15) is 0 Å². The van der Waals surface area contributed by atoms with Crippen molar-refractivity contribution in [2.45, 2.75) is 38.1 Å². The predicted octanol–water partition coefficient (Wildman–Crippen LogP) is 3.15. The summed E-state index contributed by atoms with van der Waals surface area (Å²) in [7, 11) is 1.95. The smallest absolute Gasteiger partial charge is 0.223 e. The average Bonchev–Trinajstić information content (AvgIpc) is 2.88. The highest BCUT2D eigenvalue weighted by Gasteiger charge is 2.29. The number of nitrogens with zero attached hydrogens (tertiary/aromatic N) is 1. The molecule has 0 bridgehead atoms. The minimum Gasteiger partial charge on any atom is -0.338 e. The largest absolute Gasteiger partial charge is 0.338 e. The van der Waals surface area contributed by atoms with E-state index in [-0.39, 0.29) is 11.8 Å². The van der Waals surface area contributed by atoms with Crippen LogP contribution in [0, 0.1) is 0 Å². The van der Waals surface area contributed by atoms with E-state index in [2.05, 4.69) is 39.1 Å². The lowest BCUT2D eigenvalue weighted by Gasteiger charge is -2.26. The van der Waals surface area contributed by atoms with E-state index in [1.54, 1.807) is 0 Å². The van der Waals surface area contributed by atoms with E-state index in [9.17, 15) is 4.79 Å². The zero-order valence-electron chi connectivity index (χ0n) is 12.2. The Hall–Kier alpha value is -0.870. The number of rotatable bonds is 5. The molecule has 0 spiro atoms. The molecule has 0 aliphatic carbocycles. The van der Waals surface area contributed by atoms with Gasteiger partial charge in [0, 0.05) is 30.0 Å². The van der Waals surface area contributed by atoms with E-state index < -0.39 is 0 Å². The van der Waals surface area contributed by atoms with Gasteiger partial charge in [0.25, 0.3) is 0 Å². The molecule has 0 saturated carbocycles. The summed E-state index contributed by atoms with van der Waals surface area (Å²) >= 11 is 3.57. The summed E-state index contributed by atoms with van der Waals surface area (Å²) in [6.45, 7) is 3.93. The average molecular weight is 339 g/mol. The summed E-state index contributed by atoms with van der Waals surface area (Å²) in [5, 5.41) is 3.19. The van der Waals surface area contributed by atoms with Crippen LogP contribution >= 0.6 is 15.9 Å². The standard InChI is InChI=1S/C16H23BrN2O/c1-12(14-7-3-4-8-15(14)17)10-16(20)19-9-5-6-13(19)11-18-2/h3-4,7-8,12-13,18H,5-6,9-11H2,1-2H3/t12-,13-/m1/s1. The van der Waals surface area contributed by atoms with Crippen LogP contribution in [0.4, 0.5) is 0 Å². The molecule has 0 aromatic heterocycles. The topological polar surface area (TPSA) is 32.3 Å². The van der Waals surface area contributed by atoms with E-state index in [1.165, 1.54) is 5.56 Å². The molecule has 1 aromatic carbocycles. The lowest BCUT2D eigenvalue weighted by atomic mass is 9.97. The Morgan fingerprint density at radius 1 is 1.50 bits per heavy atom. The lowest BCUT2D eigenvalue weighted by molar-refractivity contribution is -0.132. The van der Waals surface area contributed by atoms with Gasteiger partial charge in [0.15, 0.2) is 0 Å². The van der Waals surface area contributed by atoms with E-state index in [4.69, 9.17) is 0 Å². The van der Waals surface area contributed by atoms with Crippen LogP contribution in [-0.2, 0) is 4.79 Å². The number of amides is 1. The number of carbonyl (C=O) groups excluding carboxylic acids is 1. The maximum absolute atomic E-state index is 12.5. The summed E-state index contributed by atoms with van der Waals surface area (Å²) in [6, 6.07) is 8.54. The van der Waals surface area contributed by atoms with Crippen molar-refractivity contribution in [3.63, 3.8) is 0 Å². The molecular weight excluding hydrogens is 316 g/mol. The number of nitrogens with one attached hydrogen (secondary N) is 1. The SMILES string of the molecule is CNC[C@H]1CCCN1C(=O)C[C@@H](C)c1ccccc1Br. The normalized spacial score (nSPS) is 20.1. The summed E-state index contributed by atoms with van der Waals surface area (Å²) in [6.07, 6.45) is 2.83. The highest BCUT2D eigenvalue weighted by Crippen LogP contribution is 2.28. The minimum absolute atomic E-state index is 0.244. The zero-order valence-corrected chi connectivity index (χ0v) is 13.8. The fourth-order valence-electron chi connectivity index (χ4n) is 2.98. The van der Waals surface area contributed by atoms with Gasteiger partial charge in [-0.15, -0.1) is 0 Å². The Balaban J connectivity index is 1.99. The Bertz CT molecular complexity index is 464. The van der Waals surface area contributed by atoms with Crippen LogP contribution in [0.25, 0.3) is 0 Å². The van der Waals surface area contributed by atoms with Gasteiger partial charge >= 0.3 is 0 Å². The van der Waals surface area contributed by atoms with Crippen molar-refractivity contribution in [3.8, 4) is 0 Å². The Morgan fingerprint density at radius 3 is 2.95 bits per heavy atom. The van der Waals surface area contributed by atoms with Crippen LogP contribution in [-0.4, -0.2) is 37.0 Å². The molecule has 0 unspecified atom stereocenters. The molecule has 1 aromatic rings. The third kappa shape index (κ3) is 3.61. The van der Waals surface area contributed by atoms with E-state index in [0.717, 1.165) is 30.4 Å². The summed E-state index contributed by atoms with van der Waals surface area (Å²) in [5.41, 5.74) is 1.21. The number of benzene rings is 1. The summed E-state index contributed by atoms with van der Waals surface area (Å²) in [4.78, 5) is 14.6. The molecule has 3 nitrogen and oxygen atoms in total. The van der Waals surface area contributed by atoms with Crippen LogP contribution in [0.3, 0.4) is 0 Å². The van der Waals surface area contributed by atoms with Gasteiger partial charge in [-0.3, -0.25) is 4.79 Å². The first-order valence-electron chi connectivity index (χ1n) is 7.32. The van der Waals surface area contributed by atoms with E-state index >= 15 is 0 Å². The Kier molecular flexibility index (Phi) is 5.61. The molecule has 1 N–H and O–H groups in total. The second kappa shape index (κ2) is 7.23. The van der Waals surface area contributed by atoms with Gasteiger partial charge in [0.2, 0.25) is 5.91 Å². The molecule has 1 fully saturated rings. The molecule has 1 aliphatic heterocycles. The highest BCUT2D eigenvalue weighted by molar-refractivity contribution is 9.10. The van der Waals surface area contributed by atoms with Crippen LogP contribution in [0.5, 0.6) is 0 Å². The molecule has 1 saturated heterocycles. The third-order valence-corrected chi connectivity index (χ3v) is 4.78. The quantitative estimate of drug-likeness (QED) is 0.894. The van der Waals surface area contributed by atoms with E-state index in [0.29, 0.717) is 12.5 Å². The minimum atomic E-state index is 0.244. The molecule has 2 atom stereocenters. The first kappa shape index (κ1) is 15.5. The van der Waals surface area contributed by atoms with Crippen molar-refractivity contribution in [3.05, 3.63) is 34.3 Å². The van der Waals surface area contributed by atoms with Gasteiger partial charge in [-0.1, -0.05) is 41.1 Å². The summed E-state index contributed by atoms with van der Waals surface area (Å²) < 4.78 is 1.09. The number of hydrogen-bond donors (Lipinski definition) is 1. The first-order chi connectivity index (χ1) is 9.63. The molecule has 1 aliphatic rings. The first-order valence-corrected chi connectivity index (χ1v) is 8.11. The van der Waals surface area contributed by atoms with Gasteiger partial charge in [0.1, 0.15) is 0 Å². The van der Waals surface area contributed by atoms with Crippen molar-refractivity contribution in [1.29, 1.82) is 0 Å².